The molecule has 4 nitrogen and oxygen atoms in total. The monoisotopic (exact) mass is 282 g/mol. The summed E-state index contributed by atoms with van der Waals surface area (Å²) in [7, 11) is 0. The number of nitrogens with one attached hydrogen (secondary N) is 1. The average Bonchev–Trinajstić information content (AvgIpc) is 2.83. The summed E-state index contributed by atoms with van der Waals surface area (Å²) >= 11 is 0. The van der Waals surface area contributed by atoms with E-state index in [1.165, 1.54) is 16.7 Å². The summed E-state index contributed by atoms with van der Waals surface area (Å²) in [4.78, 5) is 10.5. The molecule has 2 aromatic rings. The van der Waals surface area contributed by atoms with Crippen molar-refractivity contribution in [3.63, 3.8) is 0 Å². The molecule has 2 aromatic carbocycles. The van der Waals surface area contributed by atoms with Crippen molar-refractivity contribution in [1.82, 2.24) is 5.32 Å². The Morgan fingerprint density at radius 1 is 1.19 bits per heavy atom. The molecule has 0 bridgehead atoms. The zero-order chi connectivity index (χ0) is 14.8. The van der Waals surface area contributed by atoms with Crippen LogP contribution in [0, 0.1) is 0 Å². The van der Waals surface area contributed by atoms with Gasteiger partial charge in [0.2, 0.25) is 0 Å². The average molecular weight is 282 g/mol. The first-order chi connectivity index (χ1) is 10.1. The van der Waals surface area contributed by atoms with E-state index in [0.717, 1.165) is 12.0 Å². The van der Waals surface area contributed by atoms with Crippen molar-refractivity contribution in [3.8, 4) is 0 Å². The van der Waals surface area contributed by atoms with E-state index in [1.54, 1.807) is 0 Å². The van der Waals surface area contributed by atoms with Gasteiger partial charge in [-0.1, -0.05) is 48.5 Å². The molecule has 21 heavy (non-hydrogen) atoms. The molecule has 0 radical (unpaired) electrons. The summed E-state index contributed by atoms with van der Waals surface area (Å²) in [5, 5.41) is 11.0. The summed E-state index contributed by atoms with van der Waals surface area (Å²) < 4.78 is 0. The lowest BCUT2D eigenvalue weighted by molar-refractivity contribution is 0.194. The van der Waals surface area contributed by atoms with Crippen LogP contribution in [0.3, 0.4) is 0 Å². The number of amides is 1. The van der Waals surface area contributed by atoms with Crippen molar-refractivity contribution >= 4 is 6.09 Å². The second kappa shape index (κ2) is 5.58. The molecule has 4 N–H and O–H groups in total. The van der Waals surface area contributed by atoms with Gasteiger partial charge in [-0.25, -0.2) is 4.79 Å². The Morgan fingerprint density at radius 2 is 1.90 bits per heavy atom. The van der Waals surface area contributed by atoms with Gasteiger partial charge in [0.15, 0.2) is 0 Å². The van der Waals surface area contributed by atoms with E-state index in [9.17, 15) is 4.79 Å². The zero-order valence-corrected chi connectivity index (χ0v) is 11.6. The number of fused-ring (bicyclic) bond motifs is 1. The predicted octanol–water partition coefficient (Wildman–Crippen LogP) is 2.79. The van der Waals surface area contributed by atoms with Gasteiger partial charge in [-0.15, -0.1) is 0 Å². The van der Waals surface area contributed by atoms with Gasteiger partial charge < -0.3 is 16.2 Å². The largest absolute Gasteiger partial charge is 0.465 e. The van der Waals surface area contributed by atoms with E-state index >= 15 is 0 Å². The molecule has 0 unspecified atom stereocenters. The molecule has 108 valence electrons. The van der Waals surface area contributed by atoms with E-state index in [1.807, 2.05) is 18.2 Å². The molecule has 3 rings (SSSR count). The number of carbonyl (C=O) groups is 1. The first-order valence-electron chi connectivity index (χ1n) is 7.04. The zero-order valence-electron chi connectivity index (χ0n) is 11.6. The molecular formula is C17H18N2O2. The molecule has 4 heteroatoms. The minimum absolute atomic E-state index is 0.0317. The maximum absolute atomic E-state index is 10.5. The fourth-order valence-electron chi connectivity index (χ4n) is 3.01. The van der Waals surface area contributed by atoms with Crippen LogP contribution in [-0.4, -0.2) is 11.2 Å². The number of benzene rings is 2. The third kappa shape index (κ3) is 2.76. The minimum atomic E-state index is -1.01. The molecule has 0 aromatic heterocycles. The second-order valence-corrected chi connectivity index (χ2v) is 5.44. The van der Waals surface area contributed by atoms with Crippen LogP contribution < -0.4 is 11.1 Å². The molecule has 0 heterocycles. The number of carboxylic acid groups (broad SMARTS) is 1. The number of rotatable bonds is 3. The summed E-state index contributed by atoms with van der Waals surface area (Å²) in [5.74, 6) is 0.295. The highest BCUT2D eigenvalue weighted by atomic mass is 16.4. The minimum Gasteiger partial charge on any atom is -0.465 e. The van der Waals surface area contributed by atoms with Crippen molar-refractivity contribution in [2.24, 2.45) is 5.73 Å². The summed E-state index contributed by atoms with van der Waals surface area (Å²) in [6.07, 6.45) is -0.0447. The van der Waals surface area contributed by atoms with Gasteiger partial charge in [-0.05, 0) is 28.7 Å². The number of hydrogen-bond acceptors (Lipinski definition) is 2. The first-order valence-corrected chi connectivity index (χ1v) is 7.04. The lowest BCUT2D eigenvalue weighted by atomic mass is 9.92. The molecule has 1 amide bonds. The van der Waals surface area contributed by atoms with Crippen molar-refractivity contribution in [2.45, 2.75) is 24.9 Å². The van der Waals surface area contributed by atoms with Crippen LogP contribution >= 0.6 is 0 Å². The quantitative estimate of drug-likeness (QED) is 0.810. The number of hydrogen-bond donors (Lipinski definition) is 3. The Morgan fingerprint density at radius 3 is 2.57 bits per heavy atom. The lowest BCUT2D eigenvalue weighted by Crippen LogP contribution is -2.20. The molecule has 0 saturated heterocycles. The van der Waals surface area contributed by atoms with Gasteiger partial charge in [0.25, 0.3) is 0 Å². The van der Waals surface area contributed by atoms with E-state index in [4.69, 9.17) is 10.8 Å². The molecule has 0 aliphatic heterocycles. The molecule has 1 aliphatic rings. The fourth-order valence-corrected chi connectivity index (χ4v) is 3.01. The Balaban J connectivity index is 1.75. The highest BCUT2D eigenvalue weighted by Crippen LogP contribution is 2.40. The first kappa shape index (κ1) is 13.6. The summed E-state index contributed by atoms with van der Waals surface area (Å²) in [6.45, 7) is 0.326. The van der Waals surface area contributed by atoms with Gasteiger partial charge in [0, 0.05) is 18.5 Å². The number of nitrogens with two attached hydrogens (primary N) is 1. The molecule has 0 saturated carbocycles. The third-order valence-electron chi connectivity index (χ3n) is 4.14. The van der Waals surface area contributed by atoms with Crippen molar-refractivity contribution < 1.29 is 9.90 Å². The Hall–Kier alpha value is -2.33. The van der Waals surface area contributed by atoms with E-state index in [0.29, 0.717) is 12.5 Å². The van der Waals surface area contributed by atoms with Gasteiger partial charge >= 0.3 is 6.09 Å². The van der Waals surface area contributed by atoms with Crippen LogP contribution in [0.15, 0.2) is 48.5 Å². The molecular weight excluding hydrogens is 264 g/mol. The smallest absolute Gasteiger partial charge is 0.404 e. The van der Waals surface area contributed by atoms with Gasteiger partial charge in [0.1, 0.15) is 0 Å². The summed E-state index contributed by atoms with van der Waals surface area (Å²) in [5.41, 5.74) is 11.1. The van der Waals surface area contributed by atoms with E-state index in [2.05, 4.69) is 35.6 Å². The van der Waals surface area contributed by atoms with Crippen LogP contribution in [0.25, 0.3) is 0 Å². The van der Waals surface area contributed by atoms with Crippen LogP contribution in [0.4, 0.5) is 4.79 Å². The second-order valence-electron chi connectivity index (χ2n) is 5.44. The van der Waals surface area contributed by atoms with Crippen LogP contribution in [0.2, 0.25) is 0 Å². The molecule has 0 spiro atoms. The SMILES string of the molecule is N[C@@H]1c2ccccc2C[C@H]1c1ccc(CNC(=O)O)cc1. The molecule has 2 atom stereocenters. The highest BCUT2D eigenvalue weighted by molar-refractivity contribution is 5.64. The van der Waals surface area contributed by atoms with Crippen molar-refractivity contribution in [1.29, 1.82) is 0 Å². The predicted molar refractivity (Wildman–Crippen MR) is 81.1 cm³/mol. The van der Waals surface area contributed by atoms with Crippen LogP contribution in [-0.2, 0) is 13.0 Å². The maximum atomic E-state index is 10.5. The third-order valence-corrected chi connectivity index (χ3v) is 4.14. The Bertz CT molecular complexity index is 652. The van der Waals surface area contributed by atoms with Crippen molar-refractivity contribution in [3.05, 3.63) is 70.8 Å². The highest BCUT2D eigenvalue weighted by Gasteiger charge is 2.30. The lowest BCUT2D eigenvalue weighted by Gasteiger charge is -2.17. The fraction of sp³-hybridized carbons (Fsp3) is 0.235. The summed E-state index contributed by atoms with van der Waals surface area (Å²) in [6, 6.07) is 16.4. The molecule has 1 aliphatic carbocycles. The van der Waals surface area contributed by atoms with Crippen LogP contribution in [0.5, 0.6) is 0 Å². The van der Waals surface area contributed by atoms with E-state index in [-0.39, 0.29) is 6.04 Å². The van der Waals surface area contributed by atoms with E-state index < -0.39 is 6.09 Å². The topological polar surface area (TPSA) is 75.3 Å². The maximum Gasteiger partial charge on any atom is 0.404 e. The van der Waals surface area contributed by atoms with Gasteiger partial charge in [-0.3, -0.25) is 0 Å². The standard InChI is InChI=1S/C17H18N2O2/c18-16-14-4-2-1-3-13(14)9-15(16)12-7-5-11(6-8-12)10-19-17(20)21/h1-8,15-16,19H,9-10,18H2,(H,20,21)/t15-,16+/m0/s1. The molecule has 0 fully saturated rings. The Kier molecular flexibility index (Phi) is 3.62. The van der Waals surface area contributed by atoms with Crippen molar-refractivity contribution in [2.75, 3.05) is 0 Å². The van der Waals surface area contributed by atoms with Crippen LogP contribution in [0.1, 0.15) is 34.2 Å². The Labute approximate surface area is 123 Å². The van der Waals surface area contributed by atoms with Gasteiger partial charge in [-0.2, -0.15) is 0 Å². The van der Waals surface area contributed by atoms with Gasteiger partial charge in [0.05, 0.1) is 0 Å². The normalized spacial score (nSPS) is 20.0.